The number of rotatable bonds is 5. The third kappa shape index (κ3) is 3.47. The zero-order valence-corrected chi connectivity index (χ0v) is 14.2. The molecule has 1 fully saturated rings. The zero-order valence-electron chi connectivity index (χ0n) is 14.2. The van der Waals surface area contributed by atoms with Gasteiger partial charge in [-0.1, -0.05) is 30.3 Å². The molecule has 8 heteroatoms. The maximum absolute atomic E-state index is 12.6. The largest absolute Gasteiger partial charge is 0.438 e. The van der Waals surface area contributed by atoms with Gasteiger partial charge in [0.05, 0.1) is 12.5 Å². The maximum atomic E-state index is 12.6. The smallest absolute Gasteiger partial charge is 0.338 e. The average molecular weight is 344 g/mol. The van der Waals surface area contributed by atoms with Crippen LogP contribution in [0.4, 0.5) is 5.69 Å². The van der Waals surface area contributed by atoms with Crippen LogP contribution < -0.4 is 10.7 Å². The first-order valence-corrected chi connectivity index (χ1v) is 8.17. The van der Waals surface area contributed by atoms with Crippen molar-refractivity contribution in [2.45, 2.75) is 26.3 Å². The maximum Gasteiger partial charge on any atom is 0.438 e. The van der Waals surface area contributed by atoms with Crippen LogP contribution in [0.25, 0.3) is 0 Å². The van der Waals surface area contributed by atoms with Gasteiger partial charge in [0.15, 0.2) is 5.82 Å². The predicted molar refractivity (Wildman–Crippen MR) is 89.9 cm³/mol. The van der Waals surface area contributed by atoms with Crippen molar-refractivity contribution in [3.05, 3.63) is 46.2 Å². The van der Waals surface area contributed by atoms with Crippen molar-refractivity contribution in [3.63, 3.8) is 0 Å². The number of amides is 2. The minimum absolute atomic E-state index is 0.0532. The highest BCUT2D eigenvalue weighted by atomic mass is 16.5. The summed E-state index contributed by atoms with van der Waals surface area (Å²) in [6.07, 6.45) is 0.995. The first-order chi connectivity index (χ1) is 12.0. The van der Waals surface area contributed by atoms with Gasteiger partial charge in [-0.2, -0.15) is 0 Å². The Labute approximate surface area is 144 Å². The summed E-state index contributed by atoms with van der Waals surface area (Å²) in [7, 11) is 1.61. The molecule has 132 valence electrons. The summed E-state index contributed by atoms with van der Waals surface area (Å²) < 4.78 is 4.43. The molecule has 2 amide bonds. The van der Waals surface area contributed by atoms with Gasteiger partial charge in [0, 0.05) is 25.7 Å². The minimum atomic E-state index is -0.658. The molecule has 0 aliphatic carbocycles. The molecule has 1 N–H and O–H groups in total. The second-order valence-electron chi connectivity index (χ2n) is 6.12. The Balaban J connectivity index is 1.71. The van der Waals surface area contributed by atoms with Crippen LogP contribution in [0.2, 0.25) is 0 Å². The highest BCUT2D eigenvalue weighted by Crippen LogP contribution is 2.29. The van der Waals surface area contributed by atoms with Gasteiger partial charge in [-0.15, -0.1) is 0 Å². The summed E-state index contributed by atoms with van der Waals surface area (Å²) in [6, 6.07) is 7.74. The molecule has 0 spiro atoms. The van der Waals surface area contributed by atoms with Crippen LogP contribution in [0.15, 0.2) is 33.6 Å². The molecule has 1 aliphatic rings. The van der Waals surface area contributed by atoms with Gasteiger partial charge in [-0.3, -0.25) is 19.1 Å². The van der Waals surface area contributed by atoms with E-state index in [9.17, 15) is 14.4 Å². The molecule has 1 aliphatic heterocycles. The Morgan fingerprint density at radius 1 is 1.40 bits per heavy atom. The lowest BCUT2D eigenvalue weighted by Gasteiger charge is -2.22. The summed E-state index contributed by atoms with van der Waals surface area (Å²) in [5.74, 6) is -1.01. The van der Waals surface area contributed by atoms with Crippen LogP contribution in [-0.4, -0.2) is 40.4 Å². The third-order valence-corrected chi connectivity index (χ3v) is 4.39. The molecular weight excluding hydrogens is 324 g/mol. The summed E-state index contributed by atoms with van der Waals surface area (Å²) in [6.45, 7) is 2.52. The Kier molecular flexibility index (Phi) is 4.69. The van der Waals surface area contributed by atoms with Gasteiger partial charge in [-0.25, -0.2) is 4.79 Å². The first-order valence-electron chi connectivity index (χ1n) is 8.17. The molecule has 8 nitrogen and oxygen atoms in total. The van der Waals surface area contributed by atoms with E-state index in [-0.39, 0.29) is 30.6 Å². The Hall–Kier alpha value is -2.90. The molecule has 0 bridgehead atoms. The number of anilines is 1. The molecule has 0 unspecified atom stereocenters. The fraction of sp³-hybridized carbons (Fsp3) is 0.412. The van der Waals surface area contributed by atoms with Gasteiger partial charge in [0.2, 0.25) is 11.8 Å². The SMILES string of the molecule is CCc1ccccc1N1C[C@@H](C(=O)N(C)Cc2noc(=O)[nH]2)CC1=O. The standard InChI is InChI=1S/C17H20N4O4/c1-3-11-6-4-5-7-13(11)21-9-12(8-15(21)22)16(23)20(2)10-14-18-17(24)25-19-14/h4-7,12H,3,8-10H2,1-2H3,(H,18,19,24)/t12-/m0/s1. The number of aryl methyl sites for hydroxylation is 1. The van der Waals surface area contributed by atoms with E-state index in [2.05, 4.69) is 14.7 Å². The van der Waals surface area contributed by atoms with E-state index in [0.717, 1.165) is 17.7 Å². The Bertz CT molecular complexity index is 841. The fourth-order valence-electron chi connectivity index (χ4n) is 3.12. The van der Waals surface area contributed by atoms with E-state index in [1.165, 1.54) is 4.90 Å². The topological polar surface area (TPSA) is 99.5 Å². The molecule has 2 heterocycles. The van der Waals surface area contributed by atoms with Crippen LogP contribution in [-0.2, 0) is 22.6 Å². The van der Waals surface area contributed by atoms with Gasteiger partial charge < -0.3 is 9.80 Å². The van der Waals surface area contributed by atoms with Crippen LogP contribution in [0.5, 0.6) is 0 Å². The highest BCUT2D eigenvalue weighted by Gasteiger charge is 2.37. The second kappa shape index (κ2) is 6.92. The number of aromatic nitrogens is 2. The van der Waals surface area contributed by atoms with Gasteiger partial charge >= 0.3 is 5.76 Å². The number of hydrogen-bond donors (Lipinski definition) is 1. The van der Waals surface area contributed by atoms with E-state index in [0.29, 0.717) is 6.54 Å². The molecule has 1 saturated heterocycles. The van der Waals surface area contributed by atoms with Gasteiger partial charge in [0.25, 0.3) is 0 Å². The monoisotopic (exact) mass is 344 g/mol. The van der Waals surface area contributed by atoms with Gasteiger partial charge in [-0.05, 0) is 18.1 Å². The number of nitrogens with zero attached hydrogens (tertiary/aromatic N) is 3. The number of carbonyl (C=O) groups excluding carboxylic acids is 2. The second-order valence-corrected chi connectivity index (χ2v) is 6.12. The summed E-state index contributed by atoms with van der Waals surface area (Å²) >= 11 is 0. The summed E-state index contributed by atoms with van der Waals surface area (Å²) in [4.78, 5) is 41.6. The lowest BCUT2D eigenvalue weighted by atomic mass is 10.1. The first kappa shape index (κ1) is 16.9. The molecule has 1 aromatic heterocycles. The van der Waals surface area contributed by atoms with Crippen molar-refractivity contribution in [2.75, 3.05) is 18.5 Å². The number of carbonyl (C=O) groups is 2. The fourth-order valence-corrected chi connectivity index (χ4v) is 3.12. The van der Waals surface area contributed by atoms with E-state index in [1.54, 1.807) is 11.9 Å². The van der Waals surface area contributed by atoms with E-state index < -0.39 is 11.7 Å². The molecule has 25 heavy (non-hydrogen) atoms. The number of H-pyrrole nitrogens is 1. The van der Waals surface area contributed by atoms with Crippen molar-refractivity contribution < 1.29 is 14.1 Å². The molecule has 0 radical (unpaired) electrons. The number of aromatic amines is 1. The molecule has 3 rings (SSSR count). The van der Waals surface area contributed by atoms with Crippen molar-refractivity contribution in [3.8, 4) is 0 Å². The van der Waals surface area contributed by atoms with Gasteiger partial charge in [0.1, 0.15) is 0 Å². The predicted octanol–water partition coefficient (Wildman–Crippen LogP) is 0.937. The van der Waals surface area contributed by atoms with Crippen molar-refractivity contribution in [1.29, 1.82) is 0 Å². The van der Waals surface area contributed by atoms with Crippen LogP contribution >= 0.6 is 0 Å². The average Bonchev–Trinajstić information content (AvgIpc) is 3.19. The Morgan fingerprint density at radius 2 is 2.16 bits per heavy atom. The van der Waals surface area contributed by atoms with Crippen molar-refractivity contribution >= 4 is 17.5 Å². The third-order valence-electron chi connectivity index (χ3n) is 4.39. The van der Waals surface area contributed by atoms with E-state index >= 15 is 0 Å². The lowest BCUT2D eigenvalue weighted by molar-refractivity contribution is -0.135. The van der Waals surface area contributed by atoms with Crippen molar-refractivity contribution in [2.24, 2.45) is 5.92 Å². The highest BCUT2D eigenvalue weighted by molar-refractivity contribution is 6.00. The summed E-state index contributed by atoms with van der Waals surface area (Å²) in [5, 5.41) is 3.55. The van der Waals surface area contributed by atoms with Crippen LogP contribution in [0.1, 0.15) is 24.7 Å². The Morgan fingerprint density at radius 3 is 2.84 bits per heavy atom. The van der Waals surface area contributed by atoms with Crippen molar-refractivity contribution in [1.82, 2.24) is 15.0 Å². The number of hydrogen-bond acceptors (Lipinski definition) is 5. The zero-order chi connectivity index (χ0) is 18.0. The lowest BCUT2D eigenvalue weighted by Crippen LogP contribution is -2.34. The number of nitrogens with one attached hydrogen (secondary N) is 1. The van der Waals surface area contributed by atoms with Crippen LogP contribution in [0.3, 0.4) is 0 Å². The molecule has 1 aromatic carbocycles. The number of para-hydroxylation sites is 1. The van der Waals surface area contributed by atoms with Crippen LogP contribution in [0, 0.1) is 5.92 Å². The number of benzene rings is 1. The molecule has 0 saturated carbocycles. The molecule has 2 aromatic rings. The summed E-state index contributed by atoms with van der Waals surface area (Å²) in [5.41, 5.74) is 1.95. The quantitative estimate of drug-likeness (QED) is 0.870. The van der Waals surface area contributed by atoms with E-state index in [1.807, 2.05) is 31.2 Å². The van der Waals surface area contributed by atoms with E-state index in [4.69, 9.17) is 0 Å². The molecule has 1 atom stereocenters. The minimum Gasteiger partial charge on any atom is -0.338 e. The normalized spacial score (nSPS) is 17.1. The molecular formula is C17H20N4O4.